The molecule has 1 fully saturated rings. The summed E-state index contributed by atoms with van der Waals surface area (Å²) in [4.78, 5) is 0. The van der Waals surface area contributed by atoms with Gasteiger partial charge in [0.25, 0.3) is 0 Å². The van der Waals surface area contributed by atoms with Crippen molar-refractivity contribution in [3.63, 3.8) is 0 Å². The lowest BCUT2D eigenvalue weighted by Crippen LogP contribution is -2.27. The third-order valence-corrected chi connectivity index (χ3v) is 3.92. The van der Waals surface area contributed by atoms with Gasteiger partial charge in [-0.2, -0.15) is 0 Å². The molecule has 0 amide bonds. The van der Waals surface area contributed by atoms with E-state index in [1.807, 2.05) is 0 Å². The first-order valence-corrected chi connectivity index (χ1v) is 7.18. The minimum atomic E-state index is 0.786. The van der Waals surface area contributed by atoms with Crippen LogP contribution in [-0.4, -0.2) is 19.8 Å². The van der Waals surface area contributed by atoms with Crippen LogP contribution in [0.4, 0.5) is 0 Å². The average Bonchev–Trinajstić information content (AvgIpc) is 2.48. The van der Waals surface area contributed by atoms with Crippen molar-refractivity contribution in [1.29, 1.82) is 0 Å². The van der Waals surface area contributed by atoms with E-state index in [1.165, 1.54) is 29.2 Å². The summed E-state index contributed by atoms with van der Waals surface area (Å²) < 4.78 is 5.38. The molecule has 0 atom stereocenters. The fourth-order valence-electron chi connectivity index (χ4n) is 2.72. The van der Waals surface area contributed by atoms with Gasteiger partial charge in [0, 0.05) is 19.8 Å². The summed E-state index contributed by atoms with van der Waals surface area (Å²) in [6.45, 7) is 3.93. The van der Waals surface area contributed by atoms with Gasteiger partial charge < -0.3 is 10.1 Å². The molecule has 2 heteroatoms. The van der Waals surface area contributed by atoms with Crippen molar-refractivity contribution < 1.29 is 4.74 Å². The van der Waals surface area contributed by atoms with E-state index >= 15 is 0 Å². The van der Waals surface area contributed by atoms with Gasteiger partial charge in [0.1, 0.15) is 0 Å². The number of hydrogen-bond acceptors (Lipinski definition) is 2. The Hall–Kier alpha value is -1.38. The van der Waals surface area contributed by atoms with Crippen LogP contribution in [0.2, 0.25) is 0 Å². The smallest absolute Gasteiger partial charge is 0.0469 e. The van der Waals surface area contributed by atoms with Gasteiger partial charge in [-0.15, -0.1) is 0 Å². The van der Waals surface area contributed by atoms with E-state index in [0.29, 0.717) is 0 Å². The molecule has 0 aromatic heterocycles. The third-order valence-electron chi connectivity index (χ3n) is 3.92. The SMILES string of the molecule is c1ccc2cc(CNCC3CCOCC3)ccc2c1. The number of ether oxygens (including phenoxy) is 1. The molecule has 3 rings (SSSR count). The molecule has 19 heavy (non-hydrogen) atoms. The van der Waals surface area contributed by atoms with Crippen molar-refractivity contribution in [2.24, 2.45) is 5.92 Å². The summed E-state index contributed by atoms with van der Waals surface area (Å²) in [5.41, 5.74) is 1.37. The molecular weight excluding hydrogens is 234 g/mol. The van der Waals surface area contributed by atoms with Crippen LogP contribution in [0.5, 0.6) is 0 Å². The normalized spacial score (nSPS) is 16.8. The second-order valence-electron chi connectivity index (χ2n) is 5.37. The maximum Gasteiger partial charge on any atom is 0.0469 e. The highest BCUT2D eigenvalue weighted by Crippen LogP contribution is 2.16. The van der Waals surface area contributed by atoms with Gasteiger partial charge in [-0.05, 0) is 47.7 Å². The van der Waals surface area contributed by atoms with E-state index in [1.54, 1.807) is 0 Å². The molecule has 2 aromatic rings. The molecule has 2 aromatic carbocycles. The monoisotopic (exact) mass is 255 g/mol. The molecule has 2 nitrogen and oxygen atoms in total. The Labute approximate surface area is 114 Å². The van der Waals surface area contributed by atoms with Crippen molar-refractivity contribution in [3.8, 4) is 0 Å². The van der Waals surface area contributed by atoms with E-state index in [2.05, 4.69) is 47.8 Å². The Balaban J connectivity index is 1.56. The average molecular weight is 255 g/mol. The lowest BCUT2D eigenvalue weighted by Gasteiger charge is -2.22. The standard InChI is InChI=1S/C17H21NO/c1-2-4-17-11-15(5-6-16(17)3-1)13-18-12-14-7-9-19-10-8-14/h1-6,11,14,18H,7-10,12-13H2. The fourth-order valence-corrected chi connectivity index (χ4v) is 2.72. The molecule has 1 aliphatic heterocycles. The van der Waals surface area contributed by atoms with E-state index in [-0.39, 0.29) is 0 Å². The van der Waals surface area contributed by atoms with Gasteiger partial charge in [-0.1, -0.05) is 36.4 Å². The van der Waals surface area contributed by atoms with Crippen LogP contribution in [0, 0.1) is 5.92 Å². The molecule has 0 saturated carbocycles. The maximum atomic E-state index is 5.38. The maximum absolute atomic E-state index is 5.38. The highest BCUT2D eigenvalue weighted by atomic mass is 16.5. The summed E-state index contributed by atoms with van der Waals surface area (Å²) in [6, 6.07) is 15.2. The number of fused-ring (bicyclic) bond motifs is 1. The van der Waals surface area contributed by atoms with Crippen molar-refractivity contribution >= 4 is 10.8 Å². The Morgan fingerprint density at radius 1 is 1.00 bits per heavy atom. The topological polar surface area (TPSA) is 21.3 Å². The van der Waals surface area contributed by atoms with Crippen LogP contribution >= 0.6 is 0 Å². The predicted molar refractivity (Wildman–Crippen MR) is 79.2 cm³/mol. The first kappa shape index (κ1) is 12.6. The highest BCUT2D eigenvalue weighted by molar-refractivity contribution is 5.82. The van der Waals surface area contributed by atoms with Gasteiger partial charge in [-0.3, -0.25) is 0 Å². The molecule has 1 saturated heterocycles. The Morgan fingerprint density at radius 2 is 1.79 bits per heavy atom. The van der Waals surface area contributed by atoms with Gasteiger partial charge in [-0.25, -0.2) is 0 Å². The zero-order chi connectivity index (χ0) is 12.9. The van der Waals surface area contributed by atoms with Gasteiger partial charge in [0.2, 0.25) is 0 Å². The van der Waals surface area contributed by atoms with Crippen molar-refractivity contribution in [3.05, 3.63) is 48.0 Å². The lowest BCUT2D eigenvalue weighted by molar-refractivity contribution is 0.0662. The molecule has 0 radical (unpaired) electrons. The van der Waals surface area contributed by atoms with E-state index in [4.69, 9.17) is 4.74 Å². The molecule has 1 aliphatic rings. The van der Waals surface area contributed by atoms with Crippen LogP contribution in [0.3, 0.4) is 0 Å². The molecule has 0 unspecified atom stereocenters. The second kappa shape index (κ2) is 6.18. The minimum absolute atomic E-state index is 0.786. The van der Waals surface area contributed by atoms with Crippen LogP contribution in [0.15, 0.2) is 42.5 Å². The summed E-state index contributed by atoms with van der Waals surface area (Å²) in [5, 5.41) is 6.22. The van der Waals surface area contributed by atoms with E-state index in [0.717, 1.165) is 32.2 Å². The third kappa shape index (κ3) is 3.34. The summed E-state index contributed by atoms with van der Waals surface area (Å²) in [7, 11) is 0. The molecule has 0 spiro atoms. The molecule has 1 heterocycles. The minimum Gasteiger partial charge on any atom is -0.381 e. The zero-order valence-electron chi connectivity index (χ0n) is 11.3. The van der Waals surface area contributed by atoms with Crippen LogP contribution < -0.4 is 5.32 Å². The quantitative estimate of drug-likeness (QED) is 0.904. The van der Waals surface area contributed by atoms with Crippen molar-refractivity contribution in [2.45, 2.75) is 19.4 Å². The Morgan fingerprint density at radius 3 is 2.63 bits per heavy atom. The van der Waals surface area contributed by atoms with Crippen LogP contribution in [0.25, 0.3) is 10.8 Å². The summed E-state index contributed by atoms with van der Waals surface area (Å²) in [5.74, 6) is 0.786. The van der Waals surface area contributed by atoms with Gasteiger partial charge in [0.05, 0.1) is 0 Å². The van der Waals surface area contributed by atoms with Gasteiger partial charge in [0.15, 0.2) is 0 Å². The largest absolute Gasteiger partial charge is 0.381 e. The highest BCUT2D eigenvalue weighted by Gasteiger charge is 2.12. The van der Waals surface area contributed by atoms with Crippen LogP contribution in [0.1, 0.15) is 18.4 Å². The number of nitrogens with one attached hydrogen (secondary N) is 1. The Kier molecular flexibility index (Phi) is 4.11. The van der Waals surface area contributed by atoms with Gasteiger partial charge >= 0.3 is 0 Å². The molecule has 1 N–H and O–H groups in total. The number of rotatable bonds is 4. The summed E-state index contributed by atoms with van der Waals surface area (Å²) in [6.07, 6.45) is 2.40. The molecule has 0 bridgehead atoms. The summed E-state index contributed by atoms with van der Waals surface area (Å²) >= 11 is 0. The van der Waals surface area contributed by atoms with Crippen molar-refractivity contribution in [1.82, 2.24) is 5.32 Å². The molecule has 100 valence electrons. The molecular formula is C17H21NO. The van der Waals surface area contributed by atoms with Crippen LogP contribution in [-0.2, 0) is 11.3 Å². The first-order valence-electron chi connectivity index (χ1n) is 7.18. The number of hydrogen-bond donors (Lipinski definition) is 1. The number of benzene rings is 2. The van der Waals surface area contributed by atoms with E-state index < -0.39 is 0 Å². The Bertz CT molecular complexity index is 532. The predicted octanol–water partition coefficient (Wildman–Crippen LogP) is 3.36. The van der Waals surface area contributed by atoms with E-state index in [9.17, 15) is 0 Å². The molecule has 0 aliphatic carbocycles. The second-order valence-corrected chi connectivity index (χ2v) is 5.37. The lowest BCUT2D eigenvalue weighted by atomic mass is 10.0. The fraction of sp³-hybridized carbons (Fsp3) is 0.412. The van der Waals surface area contributed by atoms with Crippen molar-refractivity contribution in [2.75, 3.05) is 19.8 Å². The first-order chi connectivity index (χ1) is 9.42. The zero-order valence-corrected chi connectivity index (χ0v) is 11.3.